The molecule has 0 saturated carbocycles. The molecule has 0 spiro atoms. The smallest absolute Gasteiger partial charge is 0.199 e. The molecule has 0 amide bonds. The molecule has 0 aliphatic rings. The predicted molar refractivity (Wildman–Crippen MR) is 106 cm³/mol. The Labute approximate surface area is 163 Å². The van der Waals surface area contributed by atoms with E-state index in [0.717, 1.165) is 16.9 Å². The van der Waals surface area contributed by atoms with Gasteiger partial charge in [0.1, 0.15) is 0 Å². The van der Waals surface area contributed by atoms with E-state index in [1.807, 2.05) is 31.3 Å². The van der Waals surface area contributed by atoms with Crippen molar-refractivity contribution in [1.82, 2.24) is 19.7 Å². The highest BCUT2D eigenvalue weighted by Crippen LogP contribution is 2.23. The Morgan fingerprint density at radius 2 is 2.04 bits per heavy atom. The van der Waals surface area contributed by atoms with Crippen LogP contribution in [-0.4, -0.2) is 26.4 Å². The average molecular weight is 374 g/mol. The van der Waals surface area contributed by atoms with E-state index in [1.165, 1.54) is 11.1 Å². The summed E-state index contributed by atoms with van der Waals surface area (Å²) in [5, 5.41) is 4.18. The van der Waals surface area contributed by atoms with Crippen LogP contribution in [0.5, 0.6) is 0 Å². The number of hydrogen-bond acceptors (Lipinski definition) is 5. The number of rotatable bonds is 7. The van der Waals surface area contributed by atoms with E-state index < -0.39 is 0 Å². The predicted octanol–water partition coefficient (Wildman–Crippen LogP) is 4.36. The minimum Gasteiger partial charge on any atom is -0.440 e. The summed E-state index contributed by atoms with van der Waals surface area (Å²) >= 11 is 0. The summed E-state index contributed by atoms with van der Waals surface area (Å²) in [5.74, 6) is 2.15. The van der Waals surface area contributed by atoms with Gasteiger partial charge in [-0.2, -0.15) is 5.10 Å². The molecule has 142 valence electrons. The third-order valence-electron chi connectivity index (χ3n) is 4.55. The van der Waals surface area contributed by atoms with Gasteiger partial charge in [-0.25, -0.2) is 14.6 Å². The first-order valence-electron chi connectivity index (χ1n) is 9.30. The van der Waals surface area contributed by atoms with Gasteiger partial charge in [0, 0.05) is 37.2 Å². The highest BCUT2D eigenvalue weighted by atomic mass is 16.5. The summed E-state index contributed by atoms with van der Waals surface area (Å²) < 4.78 is 13.2. The molecule has 0 bridgehead atoms. The minimum absolute atomic E-state index is 0.620. The Hall–Kier alpha value is -3.25. The number of hydrogen-bond donors (Lipinski definition) is 0. The van der Waals surface area contributed by atoms with Gasteiger partial charge >= 0.3 is 0 Å². The van der Waals surface area contributed by atoms with Crippen LogP contribution in [0, 0.1) is 6.92 Å². The summed E-state index contributed by atoms with van der Waals surface area (Å²) in [5.41, 5.74) is 4.45. The van der Waals surface area contributed by atoms with Crippen LogP contribution in [0.25, 0.3) is 17.1 Å². The number of benzene rings is 1. The van der Waals surface area contributed by atoms with Crippen molar-refractivity contribution < 1.29 is 9.15 Å². The first-order chi connectivity index (χ1) is 13.7. The van der Waals surface area contributed by atoms with Gasteiger partial charge in [-0.15, -0.1) is 0 Å². The molecule has 0 aliphatic heterocycles. The lowest BCUT2D eigenvalue weighted by molar-refractivity contribution is 0.134. The quantitative estimate of drug-likeness (QED) is 0.481. The highest BCUT2D eigenvalue weighted by Gasteiger charge is 2.10. The Bertz CT molecular complexity index is 1040. The third kappa shape index (κ3) is 4.02. The highest BCUT2D eigenvalue weighted by molar-refractivity contribution is 5.55. The van der Waals surface area contributed by atoms with Crippen LogP contribution >= 0.6 is 0 Å². The largest absolute Gasteiger partial charge is 0.440 e. The molecule has 0 atom stereocenters. The maximum Gasteiger partial charge on any atom is 0.199 e. The van der Waals surface area contributed by atoms with Crippen molar-refractivity contribution in [3.8, 4) is 17.1 Å². The molecule has 4 rings (SSSR count). The molecule has 3 heterocycles. The minimum atomic E-state index is 0.620. The number of ether oxygens (including phenoxy) is 1. The monoisotopic (exact) mass is 374 g/mol. The van der Waals surface area contributed by atoms with Crippen LogP contribution in [0.1, 0.15) is 29.5 Å². The molecular weight excluding hydrogens is 352 g/mol. The van der Waals surface area contributed by atoms with Crippen LogP contribution in [0.4, 0.5) is 0 Å². The normalized spacial score (nSPS) is 11.1. The maximum atomic E-state index is 5.98. The molecular formula is C22H22N4O2. The summed E-state index contributed by atoms with van der Waals surface area (Å²) in [6, 6.07) is 12.1. The molecule has 0 saturated heterocycles. The van der Waals surface area contributed by atoms with Crippen molar-refractivity contribution in [2.75, 3.05) is 6.61 Å². The van der Waals surface area contributed by atoms with Crippen molar-refractivity contribution in [3.05, 3.63) is 83.8 Å². The van der Waals surface area contributed by atoms with Crippen molar-refractivity contribution in [2.24, 2.45) is 0 Å². The van der Waals surface area contributed by atoms with E-state index >= 15 is 0 Å². The standard InChI is InChI=1S/C22H22N4O2/c1-3-27-15-17-6-5-16(2)19(11-17)12-22-24-14-20(28-22)18-7-8-21(23-13-18)26-10-4-9-25-26/h4-11,13-14H,3,12,15H2,1-2H3. The van der Waals surface area contributed by atoms with Gasteiger partial charge in [0.15, 0.2) is 17.5 Å². The molecule has 4 aromatic rings. The van der Waals surface area contributed by atoms with Crippen LogP contribution in [0.2, 0.25) is 0 Å². The number of oxazole rings is 1. The summed E-state index contributed by atoms with van der Waals surface area (Å²) in [6.45, 7) is 5.43. The van der Waals surface area contributed by atoms with Crippen LogP contribution in [0.15, 0.2) is 65.6 Å². The Morgan fingerprint density at radius 3 is 2.79 bits per heavy atom. The molecule has 0 N–H and O–H groups in total. The van der Waals surface area contributed by atoms with Gasteiger partial charge in [-0.3, -0.25) is 0 Å². The second-order valence-electron chi connectivity index (χ2n) is 6.55. The van der Waals surface area contributed by atoms with Crippen molar-refractivity contribution in [3.63, 3.8) is 0 Å². The zero-order valence-electron chi connectivity index (χ0n) is 16.0. The fraction of sp³-hybridized carbons (Fsp3) is 0.227. The van der Waals surface area contributed by atoms with Crippen molar-refractivity contribution in [1.29, 1.82) is 0 Å². The third-order valence-corrected chi connectivity index (χ3v) is 4.55. The van der Waals surface area contributed by atoms with Crippen LogP contribution in [0.3, 0.4) is 0 Å². The van der Waals surface area contributed by atoms with Gasteiger partial charge in [0.05, 0.1) is 12.8 Å². The molecule has 3 aromatic heterocycles. The molecule has 0 aliphatic carbocycles. The Kier molecular flexibility index (Phi) is 5.30. The first kappa shape index (κ1) is 18.1. The molecule has 6 nitrogen and oxygen atoms in total. The Balaban J connectivity index is 1.50. The number of aromatic nitrogens is 4. The molecule has 1 aromatic carbocycles. The zero-order chi connectivity index (χ0) is 19.3. The van der Waals surface area contributed by atoms with Crippen molar-refractivity contribution >= 4 is 0 Å². The van der Waals surface area contributed by atoms with Gasteiger partial charge in [-0.05, 0) is 48.7 Å². The van der Waals surface area contributed by atoms with Gasteiger partial charge in [0.2, 0.25) is 0 Å². The van der Waals surface area contributed by atoms with Gasteiger partial charge < -0.3 is 9.15 Å². The van der Waals surface area contributed by atoms with E-state index in [9.17, 15) is 0 Å². The molecule has 0 fully saturated rings. The van der Waals surface area contributed by atoms with E-state index in [0.29, 0.717) is 31.3 Å². The van der Waals surface area contributed by atoms with E-state index in [1.54, 1.807) is 23.3 Å². The fourth-order valence-electron chi connectivity index (χ4n) is 2.98. The lowest BCUT2D eigenvalue weighted by atomic mass is 10.0. The average Bonchev–Trinajstić information content (AvgIpc) is 3.41. The number of pyridine rings is 1. The van der Waals surface area contributed by atoms with Crippen LogP contribution < -0.4 is 0 Å². The van der Waals surface area contributed by atoms with E-state index in [4.69, 9.17) is 9.15 Å². The number of aryl methyl sites for hydroxylation is 1. The van der Waals surface area contributed by atoms with Crippen LogP contribution in [-0.2, 0) is 17.8 Å². The second-order valence-corrected chi connectivity index (χ2v) is 6.55. The molecule has 0 unspecified atom stereocenters. The summed E-state index contributed by atoms with van der Waals surface area (Å²) in [6.07, 6.45) is 7.75. The summed E-state index contributed by atoms with van der Waals surface area (Å²) in [7, 11) is 0. The van der Waals surface area contributed by atoms with E-state index in [2.05, 4.69) is 40.2 Å². The van der Waals surface area contributed by atoms with Crippen molar-refractivity contribution in [2.45, 2.75) is 26.9 Å². The van der Waals surface area contributed by atoms with E-state index in [-0.39, 0.29) is 0 Å². The Morgan fingerprint density at radius 1 is 1.11 bits per heavy atom. The SMILES string of the molecule is CCOCc1ccc(C)c(Cc2ncc(-c3ccc(-n4cccn4)nc3)o2)c1. The lowest BCUT2D eigenvalue weighted by Gasteiger charge is -2.07. The molecule has 28 heavy (non-hydrogen) atoms. The van der Waals surface area contributed by atoms with Gasteiger partial charge in [-0.1, -0.05) is 18.2 Å². The number of nitrogens with zero attached hydrogens (tertiary/aromatic N) is 4. The fourth-order valence-corrected chi connectivity index (χ4v) is 2.98. The lowest BCUT2D eigenvalue weighted by Crippen LogP contribution is -1.97. The topological polar surface area (TPSA) is 66.0 Å². The second kappa shape index (κ2) is 8.19. The molecule has 6 heteroatoms. The first-order valence-corrected chi connectivity index (χ1v) is 9.30. The summed E-state index contributed by atoms with van der Waals surface area (Å²) in [4.78, 5) is 8.89. The van der Waals surface area contributed by atoms with Gasteiger partial charge in [0.25, 0.3) is 0 Å². The maximum absolute atomic E-state index is 5.98. The zero-order valence-corrected chi connectivity index (χ0v) is 16.0. The molecule has 0 radical (unpaired) electrons.